The maximum atomic E-state index is 3.52. The molecule has 0 spiro atoms. The molecule has 17 heavy (non-hydrogen) atoms. The maximum absolute atomic E-state index is 3.52. The van der Waals surface area contributed by atoms with Crippen molar-refractivity contribution >= 4 is 29.9 Å². The monoisotopic (exact) mass is 310 g/mol. The molecule has 94 valence electrons. The van der Waals surface area contributed by atoms with Gasteiger partial charge in [0, 0.05) is 4.47 Å². The van der Waals surface area contributed by atoms with Crippen LogP contribution < -0.4 is 5.19 Å². The molecule has 1 aliphatic rings. The Kier molecular flexibility index (Phi) is 4.86. The first-order valence-corrected chi connectivity index (χ1v) is 9.91. The largest absolute Gasteiger partial charge is 0.0708 e. The highest BCUT2D eigenvalue weighted by molar-refractivity contribution is 9.10. The smallest absolute Gasteiger partial charge is 0.0630 e. The summed E-state index contributed by atoms with van der Waals surface area (Å²) in [6, 6.07) is 12.2. The zero-order valence-electron chi connectivity index (χ0n) is 11.0. The summed E-state index contributed by atoms with van der Waals surface area (Å²) in [5, 5.41) is 1.68. The van der Waals surface area contributed by atoms with E-state index < -0.39 is 8.80 Å². The molecular formula is C15H23BrSi. The molecule has 0 atom stereocenters. The standard InChI is InChI=1S/C15H23BrSi/c1-12(2)11-13-7-9-17(10-8-13)15-5-3-14(16)4-6-15/h3-6,12-13,17H,7-11H2,1-2H3. The lowest BCUT2D eigenvalue weighted by Gasteiger charge is -2.28. The first kappa shape index (κ1) is 13.4. The molecular weight excluding hydrogens is 288 g/mol. The van der Waals surface area contributed by atoms with Gasteiger partial charge in [0.05, 0.1) is 8.80 Å². The Hall–Kier alpha value is -0.0831. The molecule has 1 saturated heterocycles. The van der Waals surface area contributed by atoms with Gasteiger partial charge in [-0.3, -0.25) is 0 Å². The van der Waals surface area contributed by atoms with Crippen LogP contribution >= 0.6 is 15.9 Å². The van der Waals surface area contributed by atoms with Gasteiger partial charge in [-0.05, 0) is 30.4 Å². The first-order chi connectivity index (χ1) is 8.15. The van der Waals surface area contributed by atoms with E-state index in [4.69, 9.17) is 0 Å². The van der Waals surface area contributed by atoms with Crippen LogP contribution in [-0.4, -0.2) is 8.80 Å². The number of hydrogen-bond acceptors (Lipinski definition) is 0. The Balaban J connectivity index is 1.88. The normalized spacial score (nSPS) is 25.2. The highest BCUT2D eigenvalue weighted by atomic mass is 79.9. The minimum Gasteiger partial charge on any atom is -0.0630 e. The van der Waals surface area contributed by atoms with E-state index in [1.807, 2.05) is 0 Å². The minimum absolute atomic E-state index is 0.610. The van der Waals surface area contributed by atoms with Gasteiger partial charge in [-0.1, -0.05) is 72.0 Å². The molecule has 0 amide bonds. The summed E-state index contributed by atoms with van der Waals surface area (Å²) in [5.74, 6) is 1.90. The Bertz CT molecular complexity index is 336. The molecule has 0 saturated carbocycles. The van der Waals surface area contributed by atoms with E-state index in [9.17, 15) is 0 Å². The van der Waals surface area contributed by atoms with E-state index in [-0.39, 0.29) is 0 Å². The summed E-state index contributed by atoms with van der Waals surface area (Å²) in [6.45, 7) is 4.72. The molecule has 0 N–H and O–H groups in total. The summed E-state index contributed by atoms with van der Waals surface area (Å²) >= 11 is 3.52. The maximum Gasteiger partial charge on any atom is 0.0708 e. The Morgan fingerprint density at radius 3 is 2.29 bits per heavy atom. The molecule has 1 aromatic carbocycles. The summed E-state index contributed by atoms with van der Waals surface area (Å²) in [5.41, 5.74) is 0. The van der Waals surface area contributed by atoms with Crippen molar-refractivity contribution in [2.45, 2.75) is 45.2 Å². The zero-order valence-corrected chi connectivity index (χ0v) is 13.7. The van der Waals surface area contributed by atoms with Gasteiger partial charge in [0.2, 0.25) is 0 Å². The van der Waals surface area contributed by atoms with Crippen molar-refractivity contribution < 1.29 is 0 Å². The van der Waals surface area contributed by atoms with Gasteiger partial charge in [-0.15, -0.1) is 0 Å². The second kappa shape index (κ2) is 6.19. The van der Waals surface area contributed by atoms with Crippen LogP contribution in [0.1, 0.15) is 33.1 Å². The van der Waals surface area contributed by atoms with Gasteiger partial charge in [-0.2, -0.15) is 0 Å². The average Bonchev–Trinajstić information content (AvgIpc) is 2.30. The summed E-state index contributed by atoms with van der Waals surface area (Å²) in [7, 11) is -0.610. The summed E-state index contributed by atoms with van der Waals surface area (Å²) < 4.78 is 1.21. The van der Waals surface area contributed by atoms with Crippen molar-refractivity contribution in [1.29, 1.82) is 0 Å². The van der Waals surface area contributed by atoms with Crippen LogP contribution in [0.2, 0.25) is 12.1 Å². The van der Waals surface area contributed by atoms with Gasteiger partial charge < -0.3 is 0 Å². The van der Waals surface area contributed by atoms with Crippen LogP contribution in [0, 0.1) is 11.8 Å². The first-order valence-electron chi connectivity index (χ1n) is 6.90. The highest BCUT2D eigenvalue weighted by Crippen LogP contribution is 2.30. The third-order valence-corrected chi connectivity index (χ3v) is 7.91. The molecule has 0 nitrogen and oxygen atoms in total. The summed E-state index contributed by atoms with van der Waals surface area (Å²) in [4.78, 5) is 0. The Labute approximate surface area is 116 Å². The van der Waals surface area contributed by atoms with Crippen molar-refractivity contribution in [3.8, 4) is 0 Å². The fraction of sp³-hybridized carbons (Fsp3) is 0.600. The lowest BCUT2D eigenvalue weighted by molar-refractivity contribution is 0.377. The average molecular weight is 311 g/mol. The van der Waals surface area contributed by atoms with Gasteiger partial charge in [-0.25, -0.2) is 0 Å². The second-order valence-corrected chi connectivity index (χ2v) is 10.0. The van der Waals surface area contributed by atoms with Gasteiger partial charge in [0.15, 0.2) is 0 Å². The lowest BCUT2D eigenvalue weighted by atomic mass is 9.92. The number of benzene rings is 1. The number of halogens is 1. The molecule has 1 aliphatic heterocycles. The van der Waals surface area contributed by atoms with Crippen molar-refractivity contribution in [2.24, 2.45) is 11.8 Å². The van der Waals surface area contributed by atoms with Gasteiger partial charge >= 0.3 is 0 Å². The van der Waals surface area contributed by atoms with Crippen LogP contribution in [-0.2, 0) is 0 Å². The molecule has 0 radical (unpaired) electrons. The van der Waals surface area contributed by atoms with E-state index >= 15 is 0 Å². The molecule has 2 rings (SSSR count). The second-order valence-electron chi connectivity index (χ2n) is 5.90. The molecule has 0 aliphatic carbocycles. The van der Waals surface area contributed by atoms with Crippen molar-refractivity contribution in [1.82, 2.24) is 0 Å². The Morgan fingerprint density at radius 1 is 1.18 bits per heavy atom. The van der Waals surface area contributed by atoms with Crippen LogP contribution in [0.5, 0.6) is 0 Å². The molecule has 0 unspecified atom stereocenters. The molecule has 0 bridgehead atoms. The topological polar surface area (TPSA) is 0 Å². The predicted octanol–water partition coefficient (Wildman–Crippen LogP) is 4.34. The number of rotatable bonds is 3. The fourth-order valence-electron chi connectivity index (χ4n) is 3.13. The minimum atomic E-state index is -0.610. The third kappa shape index (κ3) is 3.96. The quantitative estimate of drug-likeness (QED) is 0.729. The van der Waals surface area contributed by atoms with Crippen LogP contribution in [0.15, 0.2) is 28.7 Å². The molecule has 0 aromatic heterocycles. The van der Waals surface area contributed by atoms with Crippen molar-refractivity contribution in [2.75, 3.05) is 0 Å². The lowest BCUT2D eigenvalue weighted by Crippen LogP contribution is -2.34. The van der Waals surface area contributed by atoms with Gasteiger partial charge in [0.25, 0.3) is 0 Å². The van der Waals surface area contributed by atoms with E-state index in [1.165, 1.54) is 35.8 Å². The van der Waals surface area contributed by atoms with Crippen molar-refractivity contribution in [3.05, 3.63) is 28.7 Å². The fourth-order valence-corrected chi connectivity index (χ4v) is 6.84. The third-order valence-electron chi connectivity index (χ3n) is 3.99. The van der Waals surface area contributed by atoms with E-state index in [0.29, 0.717) is 0 Å². The van der Waals surface area contributed by atoms with Crippen LogP contribution in [0.4, 0.5) is 0 Å². The number of hydrogen-bond donors (Lipinski definition) is 0. The SMILES string of the molecule is CC(C)CC1CC[SiH](c2ccc(Br)cc2)CC1. The van der Waals surface area contributed by atoms with Crippen molar-refractivity contribution in [3.63, 3.8) is 0 Å². The molecule has 1 aromatic rings. The molecule has 2 heteroatoms. The van der Waals surface area contributed by atoms with Crippen LogP contribution in [0.25, 0.3) is 0 Å². The molecule has 1 heterocycles. The highest BCUT2D eigenvalue weighted by Gasteiger charge is 2.23. The van der Waals surface area contributed by atoms with Crippen LogP contribution in [0.3, 0.4) is 0 Å². The zero-order chi connectivity index (χ0) is 12.3. The van der Waals surface area contributed by atoms with E-state index in [0.717, 1.165) is 11.8 Å². The Morgan fingerprint density at radius 2 is 1.76 bits per heavy atom. The summed E-state index contributed by atoms with van der Waals surface area (Å²) in [6.07, 6.45) is 4.43. The van der Waals surface area contributed by atoms with E-state index in [1.54, 1.807) is 5.19 Å². The van der Waals surface area contributed by atoms with Gasteiger partial charge in [0.1, 0.15) is 0 Å². The van der Waals surface area contributed by atoms with E-state index in [2.05, 4.69) is 54.0 Å². The molecule has 1 fully saturated rings. The predicted molar refractivity (Wildman–Crippen MR) is 82.7 cm³/mol.